The molecule has 1 N–H and O–H groups in total. The van der Waals surface area contributed by atoms with Gasteiger partial charge in [0, 0.05) is 32.6 Å². The highest BCUT2D eigenvalue weighted by molar-refractivity contribution is 5.87. The van der Waals surface area contributed by atoms with Gasteiger partial charge in [0.05, 0.1) is 0 Å². The van der Waals surface area contributed by atoms with Crippen LogP contribution in [0.15, 0.2) is 0 Å². The van der Waals surface area contributed by atoms with Crippen LogP contribution in [0.2, 0.25) is 0 Å². The van der Waals surface area contributed by atoms with Gasteiger partial charge in [0.15, 0.2) is 0 Å². The number of piperazine rings is 1. The first-order chi connectivity index (χ1) is 7.95. The van der Waals surface area contributed by atoms with E-state index in [1.807, 2.05) is 13.8 Å². The van der Waals surface area contributed by atoms with E-state index in [-0.39, 0.29) is 23.9 Å². The summed E-state index contributed by atoms with van der Waals surface area (Å²) in [5.74, 6) is -0.0713. The van der Waals surface area contributed by atoms with Gasteiger partial charge in [0.2, 0.25) is 11.8 Å². The van der Waals surface area contributed by atoms with E-state index in [4.69, 9.17) is 0 Å². The van der Waals surface area contributed by atoms with Gasteiger partial charge >= 0.3 is 0 Å². The Labute approximate surface area is 103 Å². The van der Waals surface area contributed by atoms with Crippen molar-refractivity contribution in [2.75, 3.05) is 26.2 Å². The van der Waals surface area contributed by atoms with Crippen LogP contribution >= 0.6 is 0 Å². The number of amides is 2. The normalized spacial score (nSPS) is 21.7. The van der Waals surface area contributed by atoms with Gasteiger partial charge in [-0.2, -0.15) is 0 Å². The van der Waals surface area contributed by atoms with Crippen LogP contribution in [0.4, 0.5) is 0 Å². The quantitative estimate of drug-likeness (QED) is 0.760. The lowest BCUT2D eigenvalue weighted by Gasteiger charge is -2.40. The molecule has 0 aliphatic carbocycles. The number of hydrogen-bond acceptors (Lipinski definition) is 3. The van der Waals surface area contributed by atoms with Gasteiger partial charge in [-0.15, -0.1) is 0 Å². The molecular formula is C12H23N3O2. The number of likely N-dealkylation sites (N-methyl/N-ethyl adjacent to an activating group) is 1. The molecule has 1 fully saturated rings. The summed E-state index contributed by atoms with van der Waals surface area (Å²) in [6.07, 6.45) is 0. The van der Waals surface area contributed by atoms with E-state index in [0.29, 0.717) is 13.1 Å². The van der Waals surface area contributed by atoms with Crippen molar-refractivity contribution in [2.45, 2.75) is 39.8 Å². The summed E-state index contributed by atoms with van der Waals surface area (Å²) in [6, 6.07) is -0.239. The topological polar surface area (TPSA) is 52.7 Å². The highest BCUT2D eigenvalue weighted by Gasteiger charge is 2.33. The highest BCUT2D eigenvalue weighted by atomic mass is 16.2. The summed E-state index contributed by atoms with van der Waals surface area (Å²) in [7, 11) is 0. The summed E-state index contributed by atoms with van der Waals surface area (Å²) in [5.41, 5.74) is 0. The molecule has 1 aliphatic rings. The molecule has 17 heavy (non-hydrogen) atoms. The molecule has 1 saturated heterocycles. The minimum Gasteiger partial charge on any atom is -0.352 e. The first-order valence-corrected chi connectivity index (χ1v) is 6.25. The maximum atomic E-state index is 12.1. The molecule has 0 aromatic carbocycles. The van der Waals surface area contributed by atoms with E-state index < -0.39 is 0 Å². The lowest BCUT2D eigenvalue weighted by atomic mass is 10.1. The zero-order valence-electron chi connectivity index (χ0n) is 11.2. The molecule has 0 aromatic heterocycles. The number of carbonyl (C=O) groups excluding carboxylic acids is 2. The first-order valence-electron chi connectivity index (χ1n) is 6.25. The van der Waals surface area contributed by atoms with Crippen molar-refractivity contribution >= 4 is 11.8 Å². The van der Waals surface area contributed by atoms with Gasteiger partial charge in [-0.1, -0.05) is 6.92 Å². The Bertz CT molecular complexity index is 291. The van der Waals surface area contributed by atoms with Gasteiger partial charge in [-0.3, -0.25) is 14.5 Å². The van der Waals surface area contributed by atoms with E-state index in [1.54, 1.807) is 4.90 Å². The highest BCUT2D eigenvalue weighted by Crippen LogP contribution is 2.10. The standard InChI is InChI=1S/C12H23N3O2/c1-5-14-6-7-15(10(4)16)11(8-14)12(17)13-9(2)3/h9,11H,5-8H2,1-4H3,(H,13,17). The summed E-state index contributed by atoms with van der Waals surface area (Å²) in [5, 5.41) is 2.88. The zero-order chi connectivity index (χ0) is 13.0. The molecular weight excluding hydrogens is 218 g/mol. The monoisotopic (exact) mass is 241 g/mol. The van der Waals surface area contributed by atoms with Gasteiger partial charge in [0.25, 0.3) is 0 Å². The molecule has 0 aromatic rings. The largest absolute Gasteiger partial charge is 0.352 e. The van der Waals surface area contributed by atoms with Crippen molar-refractivity contribution in [3.8, 4) is 0 Å². The van der Waals surface area contributed by atoms with Crippen LogP contribution in [-0.4, -0.2) is 59.9 Å². The van der Waals surface area contributed by atoms with E-state index in [2.05, 4.69) is 17.1 Å². The molecule has 0 bridgehead atoms. The number of rotatable bonds is 3. The van der Waals surface area contributed by atoms with E-state index in [0.717, 1.165) is 13.1 Å². The number of hydrogen-bond donors (Lipinski definition) is 1. The average Bonchev–Trinajstić information content (AvgIpc) is 2.27. The first kappa shape index (κ1) is 14.0. The smallest absolute Gasteiger partial charge is 0.244 e. The molecule has 98 valence electrons. The third-order valence-corrected chi connectivity index (χ3v) is 3.05. The molecule has 1 aliphatic heterocycles. The van der Waals surface area contributed by atoms with Gasteiger partial charge < -0.3 is 10.2 Å². The van der Waals surface area contributed by atoms with Crippen LogP contribution < -0.4 is 5.32 Å². The Morgan fingerprint density at radius 3 is 2.47 bits per heavy atom. The van der Waals surface area contributed by atoms with Crippen molar-refractivity contribution in [2.24, 2.45) is 0 Å². The Hall–Kier alpha value is -1.10. The predicted octanol–water partition coefficient (Wildman–Crippen LogP) is 0.0636. The maximum absolute atomic E-state index is 12.1. The Balaban J connectivity index is 2.73. The summed E-state index contributed by atoms with van der Waals surface area (Å²) in [6.45, 7) is 10.5. The second-order valence-corrected chi connectivity index (χ2v) is 4.78. The number of carbonyl (C=O) groups is 2. The molecule has 0 saturated carbocycles. The molecule has 0 radical (unpaired) electrons. The maximum Gasteiger partial charge on any atom is 0.244 e. The van der Waals surface area contributed by atoms with Gasteiger partial charge in [-0.05, 0) is 20.4 Å². The van der Waals surface area contributed by atoms with Crippen molar-refractivity contribution in [1.82, 2.24) is 15.1 Å². The Kier molecular flexibility index (Phi) is 4.93. The fraction of sp³-hybridized carbons (Fsp3) is 0.833. The molecule has 1 rings (SSSR count). The minimum absolute atomic E-state index is 0.0235. The fourth-order valence-corrected chi connectivity index (χ4v) is 2.11. The lowest BCUT2D eigenvalue weighted by molar-refractivity contribution is -0.142. The van der Waals surface area contributed by atoms with Crippen LogP contribution in [0.5, 0.6) is 0 Å². The van der Waals surface area contributed by atoms with Crippen LogP contribution in [0.25, 0.3) is 0 Å². The van der Waals surface area contributed by atoms with Crippen LogP contribution in [-0.2, 0) is 9.59 Å². The van der Waals surface area contributed by atoms with Crippen LogP contribution in [0.3, 0.4) is 0 Å². The summed E-state index contributed by atoms with van der Waals surface area (Å²) in [4.78, 5) is 27.4. The summed E-state index contributed by atoms with van der Waals surface area (Å²) >= 11 is 0. The lowest BCUT2D eigenvalue weighted by Crippen LogP contribution is -2.60. The minimum atomic E-state index is -0.344. The molecule has 0 spiro atoms. The SMILES string of the molecule is CCN1CCN(C(C)=O)C(C(=O)NC(C)C)C1. The van der Waals surface area contributed by atoms with Crippen LogP contribution in [0.1, 0.15) is 27.7 Å². The molecule has 5 heteroatoms. The van der Waals surface area contributed by atoms with E-state index in [1.165, 1.54) is 6.92 Å². The molecule has 2 amide bonds. The predicted molar refractivity (Wildman–Crippen MR) is 66.6 cm³/mol. The van der Waals surface area contributed by atoms with Crippen molar-refractivity contribution in [3.63, 3.8) is 0 Å². The Morgan fingerprint density at radius 1 is 1.35 bits per heavy atom. The fourth-order valence-electron chi connectivity index (χ4n) is 2.11. The van der Waals surface area contributed by atoms with E-state index in [9.17, 15) is 9.59 Å². The van der Waals surface area contributed by atoms with Crippen LogP contribution in [0, 0.1) is 0 Å². The van der Waals surface area contributed by atoms with E-state index >= 15 is 0 Å². The molecule has 1 heterocycles. The number of nitrogens with one attached hydrogen (secondary N) is 1. The second-order valence-electron chi connectivity index (χ2n) is 4.78. The third kappa shape index (κ3) is 3.70. The number of nitrogens with zero attached hydrogens (tertiary/aromatic N) is 2. The van der Waals surface area contributed by atoms with Crippen molar-refractivity contribution in [1.29, 1.82) is 0 Å². The van der Waals surface area contributed by atoms with Gasteiger partial charge in [-0.25, -0.2) is 0 Å². The summed E-state index contributed by atoms with van der Waals surface area (Å²) < 4.78 is 0. The van der Waals surface area contributed by atoms with Crippen molar-refractivity contribution in [3.05, 3.63) is 0 Å². The van der Waals surface area contributed by atoms with Gasteiger partial charge in [0.1, 0.15) is 6.04 Å². The zero-order valence-corrected chi connectivity index (χ0v) is 11.2. The second kappa shape index (κ2) is 6.00. The molecule has 1 unspecified atom stereocenters. The average molecular weight is 241 g/mol. The Morgan fingerprint density at radius 2 is 2.00 bits per heavy atom. The molecule has 5 nitrogen and oxygen atoms in total. The molecule has 1 atom stereocenters. The van der Waals surface area contributed by atoms with Crippen molar-refractivity contribution < 1.29 is 9.59 Å². The third-order valence-electron chi connectivity index (χ3n) is 3.05.